The molecule has 1 fully saturated rings. The van der Waals surface area contributed by atoms with Gasteiger partial charge in [-0.25, -0.2) is 0 Å². The van der Waals surface area contributed by atoms with Gasteiger partial charge in [0, 0.05) is 6.42 Å². The summed E-state index contributed by atoms with van der Waals surface area (Å²) in [6.07, 6.45) is 3.44. The number of carbonyl (C=O) groups is 1. The maximum atomic E-state index is 11.0. The lowest BCUT2D eigenvalue weighted by Crippen LogP contribution is -2.43. The zero-order chi connectivity index (χ0) is 7.61. The lowest BCUT2D eigenvalue weighted by Gasteiger charge is -2.38. The fourth-order valence-corrected chi connectivity index (χ4v) is 1.57. The predicted molar refractivity (Wildman–Crippen MR) is 38.7 cm³/mol. The largest absolute Gasteiger partial charge is 0.395 e. The van der Waals surface area contributed by atoms with E-state index >= 15 is 0 Å². The molecule has 2 heteroatoms. The molecule has 0 aromatic rings. The number of rotatable bonds is 3. The van der Waals surface area contributed by atoms with E-state index in [1.165, 1.54) is 0 Å². The Morgan fingerprint density at radius 1 is 1.70 bits per heavy atom. The van der Waals surface area contributed by atoms with Crippen LogP contribution in [-0.4, -0.2) is 17.5 Å². The lowest BCUT2D eigenvalue weighted by atomic mass is 9.65. The van der Waals surface area contributed by atoms with Gasteiger partial charge in [-0.1, -0.05) is 13.3 Å². The fraction of sp³-hybridized carbons (Fsp3) is 0.875. The van der Waals surface area contributed by atoms with E-state index in [-0.39, 0.29) is 17.8 Å². The average Bonchev–Trinajstić information content (AvgIpc) is 1.97. The highest BCUT2D eigenvalue weighted by Crippen LogP contribution is 2.40. The van der Waals surface area contributed by atoms with Gasteiger partial charge >= 0.3 is 0 Å². The number of aliphatic hydroxyl groups is 1. The third-order valence-corrected chi connectivity index (χ3v) is 2.45. The number of aliphatic hydroxyl groups excluding tert-OH is 1. The molecule has 0 aromatic carbocycles. The quantitative estimate of drug-likeness (QED) is 0.641. The zero-order valence-corrected chi connectivity index (χ0v) is 6.39. The van der Waals surface area contributed by atoms with Gasteiger partial charge in [0.2, 0.25) is 0 Å². The van der Waals surface area contributed by atoms with E-state index in [4.69, 9.17) is 5.11 Å². The molecule has 0 amide bonds. The van der Waals surface area contributed by atoms with Crippen molar-refractivity contribution in [2.45, 2.75) is 32.6 Å². The summed E-state index contributed by atoms with van der Waals surface area (Å²) in [7, 11) is 0. The Bertz CT molecular complexity index is 138. The third-order valence-electron chi connectivity index (χ3n) is 2.45. The van der Waals surface area contributed by atoms with Gasteiger partial charge < -0.3 is 5.11 Å². The van der Waals surface area contributed by atoms with Crippen molar-refractivity contribution in [2.75, 3.05) is 6.61 Å². The van der Waals surface area contributed by atoms with E-state index in [9.17, 15) is 4.79 Å². The van der Waals surface area contributed by atoms with Crippen LogP contribution in [0, 0.1) is 5.41 Å². The summed E-state index contributed by atoms with van der Waals surface area (Å²) in [5.74, 6) is 0.261. The smallest absolute Gasteiger partial charge is 0.141 e. The van der Waals surface area contributed by atoms with E-state index in [1.54, 1.807) is 0 Å². The topological polar surface area (TPSA) is 37.3 Å². The molecule has 1 saturated carbocycles. The lowest BCUT2D eigenvalue weighted by molar-refractivity contribution is -0.142. The molecule has 10 heavy (non-hydrogen) atoms. The molecule has 0 aliphatic heterocycles. The minimum Gasteiger partial charge on any atom is -0.395 e. The van der Waals surface area contributed by atoms with Crippen molar-refractivity contribution in [1.29, 1.82) is 0 Å². The van der Waals surface area contributed by atoms with Crippen molar-refractivity contribution < 1.29 is 9.90 Å². The molecule has 0 spiro atoms. The van der Waals surface area contributed by atoms with Crippen LogP contribution in [0.4, 0.5) is 0 Å². The Labute approximate surface area is 61.2 Å². The SMILES string of the molecule is CCCC1(CO)CCC1=O. The van der Waals surface area contributed by atoms with Crippen LogP contribution in [0.15, 0.2) is 0 Å². The van der Waals surface area contributed by atoms with Gasteiger partial charge in [-0.3, -0.25) is 4.79 Å². The second-order valence-electron chi connectivity index (χ2n) is 3.11. The highest BCUT2D eigenvalue weighted by atomic mass is 16.3. The van der Waals surface area contributed by atoms with Gasteiger partial charge in [-0.2, -0.15) is 0 Å². The third kappa shape index (κ3) is 0.966. The zero-order valence-electron chi connectivity index (χ0n) is 6.39. The first kappa shape index (κ1) is 7.73. The first-order valence-electron chi connectivity index (χ1n) is 3.89. The Morgan fingerprint density at radius 2 is 2.40 bits per heavy atom. The Hall–Kier alpha value is -0.370. The molecule has 1 atom stereocenters. The minimum atomic E-state index is -0.311. The Balaban J connectivity index is 2.51. The van der Waals surface area contributed by atoms with Gasteiger partial charge in [0.15, 0.2) is 0 Å². The molecular formula is C8H14O2. The Morgan fingerprint density at radius 3 is 2.50 bits per heavy atom. The minimum absolute atomic E-state index is 0.0552. The van der Waals surface area contributed by atoms with Crippen molar-refractivity contribution in [2.24, 2.45) is 5.41 Å². The molecule has 0 aromatic heterocycles. The number of hydrogen-bond acceptors (Lipinski definition) is 2. The molecule has 0 heterocycles. The summed E-state index contributed by atoms with van der Waals surface area (Å²) >= 11 is 0. The van der Waals surface area contributed by atoms with Crippen LogP contribution < -0.4 is 0 Å². The highest BCUT2D eigenvalue weighted by Gasteiger charge is 2.44. The predicted octanol–water partition coefficient (Wildman–Crippen LogP) is 1.13. The van der Waals surface area contributed by atoms with Crippen molar-refractivity contribution in [3.8, 4) is 0 Å². The summed E-state index contributed by atoms with van der Waals surface area (Å²) in [6.45, 7) is 2.10. The second kappa shape index (κ2) is 2.70. The van der Waals surface area contributed by atoms with Gasteiger partial charge in [0.1, 0.15) is 5.78 Å². The molecule has 1 N–H and O–H groups in total. The number of Topliss-reactive ketones (excluding diaryl/α,β-unsaturated/α-hetero) is 1. The molecular weight excluding hydrogens is 128 g/mol. The van der Waals surface area contributed by atoms with E-state index < -0.39 is 0 Å². The molecule has 1 rings (SSSR count). The monoisotopic (exact) mass is 142 g/mol. The molecule has 0 bridgehead atoms. The molecule has 58 valence electrons. The second-order valence-corrected chi connectivity index (χ2v) is 3.11. The van der Waals surface area contributed by atoms with Crippen LogP contribution in [0.3, 0.4) is 0 Å². The first-order chi connectivity index (χ1) is 4.75. The summed E-state index contributed by atoms with van der Waals surface area (Å²) in [5.41, 5.74) is -0.311. The van der Waals surface area contributed by atoms with Gasteiger partial charge in [0.05, 0.1) is 12.0 Å². The van der Waals surface area contributed by atoms with Gasteiger partial charge in [-0.05, 0) is 12.8 Å². The summed E-state index contributed by atoms with van der Waals surface area (Å²) < 4.78 is 0. The van der Waals surface area contributed by atoms with Crippen molar-refractivity contribution in [3.05, 3.63) is 0 Å². The normalized spacial score (nSPS) is 32.0. The maximum Gasteiger partial charge on any atom is 0.141 e. The van der Waals surface area contributed by atoms with Gasteiger partial charge in [0.25, 0.3) is 0 Å². The van der Waals surface area contributed by atoms with Crippen molar-refractivity contribution in [3.63, 3.8) is 0 Å². The number of carbonyl (C=O) groups excluding carboxylic acids is 1. The first-order valence-corrected chi connectivity index (χ1v) is 3.89. The van der Waals surface area contributed by atoms with Gasteiger partial charge in [-0.15, -0.1) is 0 Å². The molecule has 1 aliphatic rings. The van der Waals surface area contributed by atoms with Crippen LogP contribution in [0.2, 0.25) is 0 Å². The van der Waals surface area contributed by atoms with Crippen LogP contribution >= 0.6 is 0 Å². The fourth-order valence-electron chi connectivity index (χ4n) is 1.57. The van der Waals surface area contributed by atoms with E-state index in [0.29, 0.717) is 6.42 Å². The number of ketones is 1. The average molecular weight is 142 g/mol. The van der Waals surface area contributed by atoms with E-state index in [2.05, 4.69) is 0 Å². The molecule has 0 saturated heterocycles. The van der Waals surface area contributed by atoms with Crippen molar-refractivity contribution in [1.82, 2.24) is 0 Å². The van der Waals surface area contributed by atoms with Crippen LogP contribution in [-0.2, 0) is 4.79 Å². The highest BCUT2D eigenvalue weighted by molar-refractivity contribution is 5.90. The molecule has 0 radical (unpaired) electrons. The summed E-state index contributed by atoms with van der Waals surface area (Å²) in [6, 6.07) is 0. The van der Waals surface area contributed by atoms with E-state index in [1.807, 2.05) is 6.92 Å². The van der Waals surface area contributed by atoms with Crippen LogP contribution in [0.5, 0.6) is 0 Å². The maximum absolute atomic E-state index is 11.0. The van der Waals surface area contributed by atoms with Crippen LogP contribution in [0.25, 0.3) is 0 Å². The molecule has 1 unspecified atom stereocenters. The standard InChI is InChI=1S/C8H14O2/c1-2-4-8(6-9)5-3-7(8)10/h9H,2-6H2,1H3. The van der Waals surface area contributed by atoms with Crippen molar-refractivity contribution >= 4 is 5.78 Å². The van der Waals surface area contributed by atoms with E-state index in [0.717, 1.165) is 19.3 Å². The molecule has 2 nitrogen and oxygen atoms in total. The summed E-state index contributed by atoms with van der Waals surface area (Å²) in [4.78, 5) is 11.0. The van der Waals surface area contributed by atoms with Crippen LogP contribution in [0.1, 0.15) is 32.6 Å². The Kier molecular flexibility index (Phi) is 2.09. The summed E-state index contributed by atoms with van der Waals surface area (Å²) in [5, 5.41) is 8.92. The molecule has 1 aliphatic carbocycles. The number of hydrogen-bond donors (Lipinski definition) is 1.